The van der Waals surface area contributed by atoms with Gasteiger partial charge in [-0.25, -0.2) is 4.79 Å². The average molecular weight is 511 g/mol. The van der Waals surface area contributed by atoms with Gasteiger partial charge in [0, 0.05) is 29.7 Å². The van der Waals surface area contributed by atoms with Crippen LogP contribution in [0.1, 0.15) is 48.1 Å². The van der Waals surface area contributed by atoms with Crippen LogP contribution in [0.5, 0.6) is 11.5 Å². The summed E-state index contributed by atoms with van der Waals surface area (Å²) < 4.78 is 8.01. The van der Waals surface area contributed by atoms with Gasteiger partial charge in [0.1, 0.15) is 11.5 Å². The summed E-state index contributed by atoms with van der Waals surface area (Å²) >= 11 is 0. The van der Waals surface area contributed by atoms with Gasteiger partial charge in [-0.05, 0) is 91.6 Å². The van der Waals surface area contributed by atoms with Gasteiger partial charge in [0.05, 0.1) is 11.4 Å². The van der Waals surface area contributed by atoms with Crippen LogP contribution in [0.3, 0.4) is 0 Å². The Morgan fingerprint density at radius 1 is 0.789 bits per heavy atom. The molecule has 0 unspecified atom stereocenters. The number of anilines is 2. The van der Waals surface area contributed by atoms with Crippen LogP contribution in [0.25, 0.3) is 5.69 Å². The number of carbonyl (C=O) groups excluding carboxylic acids is 2. The predicted octanol–water partition coefficient (Wildman–Crippen LogP) is 7.19. The molecule has 0 fully saturated rings. The third-order valence-electron chi connectivity index (χ3n) is 6.29. The second kappa shape index (κ2) is 10.8. The molecule has 0 bridgehead atoms. The quantitative estimate of drug-likeness (QED) is 0.257. The molecule has 196 valence electrons. The fraction of sp³-hybridized carbons (Fsp3) is 0.226. The number of nitrogens with one attached hydrogen (secondary N) is 3. The topological polar surface area (TPSA) is 84.4 Å². The first-order valence-corrected chi connectivity index (χ1v) is 12.5. The molecule has 0 saturated heterocycles. The van der Waals surface area contributed by atoms with Crippen molar-refractivity contribution in [3.63, 3.8) is 0 Å². The van der Waals surface area contributed by atoms with Crippen molar-refractivity contribution in [3.05, 3.63) is 101 Å². The van der Waals surface area contributed by atoms with E-state index >= 15 is 0 Å². The Kier molecular flexibility index (Phi) is 7.57. The third kappa shape index (κ3) is 6.06. The number of aromatic nitrogens is 1. The van der Waals surface area contributed by atoms with E-state index in [0.717, 1.165) is 28.3 Å². The molecule has 0 aliphatic rings. The molecule has 7 heteroatoms. The number of nitrogens with zero attached hydrogens (tertiary/aromatic N) is 1. The number of benzene rings is 3. The van der Waals surface area contributed by atoms with Crippen molar-refractivity contribution in [1.82, 2.24) is 9.88 Å². The fourth-order valence-electron chi connectivity index (χ4n) is 4.22. The monoisotopic (exact) mass is 510 g/mol. The summed E-state index contributed by atoms with van der Waals surface area (Å²) in [5.41, 5.74) is 6.01. The molecule has 0 radical (unpaired) electrons. The molecular formula is C31H34N4O3. The highest BCUT2D eigenvalue weighted by atomic mass is 16.5. The van der Waals surface area contributed by atoms with E-state index in [0.29, 0.717) is 22.7 Å². The number of hydrogen-bond donors (Lipinski definition) is 3. The molecule has 3 amide bonds. The van der Waals surface area contributed by atoms with E-state index < -0.39 is 0 Å². The van der Waals surface area contributed by atoms with Crippen LogP contribution in [0, 0.1) is 13.8 Å². The minimum Gasteiger partial charge on any atom is -0.457 e. The summed E-state index contributed by atoms with van der Waals surface area (Å²) in [5, 5.41) is 8.56. The number of ether oxygens (including phenoxy) is 1. The molecule has 0 aliphatic carbocycles. The first kappa shape index (κ1) is 26.5. The summed E-state index contributed by atoms with van der Waals surface area (Å²) in [4.78, 5) is 24.9. The summed E-state index contributed by atoms with van der Waals surface area (Å²) in [7, 11) is 1.59. The number of rotatable bonds is 6. The van der Waals surface area contributed by atoms with E-state index in [-0.39, 0.29) is 17.4 Å². The van der Waals surface area contributed by atoms with Gasteiger partial charge in [0.2, 0.25) is 0 Å². The van der Waals surface area contributed by atoms with Crippen molar-refractivity contribution < 1.29 is 14.3 Å². The molecular weight excluding hydrogens is 476 g/mol. The standard InChI is InChI=1S/C31H34N4O3/c1-20-10-11-21(2)35(20)28-17-12-23(31(3,4)5)19-27(28)34-30(37)33-24-13-15-25(16-14-24)38-26-9-7-8-22(18-26)29(36)32-6/h7-19H,1-6H3,(H,32,36)(H2,33,34,37). The molecule has 1 aromatic heterocycles. The Labute approximate surface area is 223 Å². The van der Waals surface area contributed by atoms with Gasteiger partial charge in [-0.15, -0.1) is 0 Å². The van der Waals surface area contributed by atoms with Crippen molar-refractivity contribution in [2.75, 3.05) is 17.7 Å². The second-order valence-corrected chi connectivity index (χ2v) is 10.2. The minimum absolute atomic E-state index is 0.0676. The summed E-state index contributed by atoms with van der Waals surface area (Å²) in [6.07, 6.45) is 0. The van der Waals surface area contributed by atoms with E-state index in [1.54, 1.807) is 55.6 Å². The van der Waals surface area contributed by atoms with Crippen LogP contribution in [0.4, 0.5) is 16.2 Å². The molecule has 3 N–H and O–H groups in total. The van der Waals surface area contributed by atoms with Crippen LogP contribution in [0.15, 0.2) is 78.9 Å². The van der Waals surface area contributed by atoms with E-state index in [2.05, 4.69) is 65.6 Å². The third-order valence-corrected chi connectivity index (χ3v) is 6.29. The maximum atomic E-state index is 13.0. The lowest BCUT2D eigenvalue weighted by atomic mass is 9.86. The number of hydrogen-bond acceptors (Lipinski definition) is 3. The van der Waals surface area contributed by atoms with E-state index in [4.69, 9.17) is 4.74 Å². The lowest BCUT2D eigenvalue weighted by molar-refractivity contribution is 0.0962. The lowest BCUT2D eigenvalue weighted by Crippen LogP contribution is -2.21. The van der Waals surface area contributed by atoms with E-state index in [1.807, 2.05) is 19.9 Å². The lowest BCUT2D eigenvalue weighted by Gasteiger charge is -2.23. The molecule has 4 aromatic rings. The molecule has 38 heavy (non-hydrogen) atoms. The Balaban J connectivity index is 1.50. The van der Waals surface area contributed by atoms with Gasteiger partial charge in [0.15, 0.2) is 0 Å². The van der Waals surface area contributed by atoms with Crippen LogP contribution < -0.4 is 20.7 Å². The Hall–Kier alpha value is -4.52. The van der Waals surface area contributed by atoms with E-state index in [9.17, 15) is 9.59 Å². The molecule has 0 spiro atoms. The van der Waals surface area contributed by atoms with Gasteiger partial charge in [-0.1, -0.05) is 32.9 Å². The van der Waals surface area contributed by atoms with Crippen LogP contribution >= 0.6 is 0 Å². The zero-order valence-electron chi connectivity index (χ0n) is 22.7. The summed E-state index contributed by atoms with van der Waals surface area (Å²) in [6.45, 7) is 10.5. The number of carbonyl (C=O) groups is 2. The SMILES string of the molecule is CNC(=O)c1cccc(Oc2ccc(NC(=O)Nc3cc(C(C)(C)C)ccc3-n3c(C)ccc3C)cc2)c1. The Bertz CT molecular complexity index is 1440. The van der Waals surface area contributed by atoms with Crippen molar-refractivity contribution in [3.8, 4) is 17.2 Å². The van der Waals surface area contributed by atoms with Gasteiger partial charge < -0.3 is 25.3 Å². The van der Waals surface area contributed by atoms with Crippen molar-refractivity contribution in [1.29, 1.82) is 0 Å². The maximum Gasteiger partial charge on any atom is 0.323 e. The Morgan fingerprint density at radius 2 is 1.47 bits per heavy atom. The van der Waals surface area contributed by atoms with Crippen molar-refractivity contribution in [2.45, 2.75) is 40.0 Å². The minimum atomic E-state index is -0.341. The van der Waals surface area contributed by atoms with Crippen LogP contribution in [-0.4, -0.2) is 23.6 Å². The van der Waals surface area contributed by atoms with Gasteiger partial charge >= 0.3 is 6.03 Å². The van der Waals surface area contributed by atoms with Crippen molar-refractivity contribution in [2.24, 2.45) is 0 Å². The molecule has 7 nitrogen and oxygen atoms in total. The second-order valence-electron chi connectivity index (χ2n) is 10.2. The fourth-order valence-corrected chi connectivity index (χ4v) is 4.22. The van der Waals surface area contributed by atoms with Gasteiger partial charge in [-0.3, -0.25) is 4.79 Å². The van der Waals surface area contributed by atoms with Crippen LogP contribution in [0.2, 0.25) is 0 Å². The smallest absolute Gasteiger partial charge is 0.323 e. The van der Waals surface area contributed by atoms with Gasteiger partial charge in [0.25, 0.3) is 5.91 Å². The molecule has 0 atom stereocenters. The normalized spacial score (nSPS) is 11.1. The number of urea groups is 1. The molecule has 0 saturated carbocycles. The first-order valence-electron chi connectivity index (χ1n) is 12.5. The highest BCUT2D eigenvalue weighted by Crippen LogP contribution is 2.31. The van der Waals surface area contributed by atoms with E-state index in [1.165, 1.54) is 0 Å². The molecule has 0 aliphatic heterocycles. The molecule has 3 aromatic carbocycles. The summed E-state index contributed by atoms with van der Waals surface area (Å²) in [6, 6.07) is 24.0. The highest BCUT2D eigenvalue weighted by Gasteiger charge is 2.18. The maximum absolute atomic E-state index is 13.0. The largest absolute Gasteiger partial charge is 0.457 e. The summed E-state index contributed by atoms with van der Waals surface area (Å²) in [5.74, 6) is 0.953. The molecule has 1 heterocycles. The number of amides is 3. The zero-order valence-corrected chi connectivity index (χ0v) is 22.7. The first-order chi connectivity index (χ1) is 18.0. The van der Waals surface area contributed by atoms with Crippen LogP contribution in [-0.2, 0) is 5.41 Å². The van der Waals surface area contributed by atoms with Gasteiger partial charge in [-0.2, -0.15) is 0 Å². The average Bonchev–Trinajstić information content (AvgIpc) is 3.21. The van der Waals surface area contributed by atoms with Crippen molar-refractivity contribution >= 4 is 23.3 Å². The zero-order chi connectivity index (χ0) is 27.4. The Morgan fingerprint density at radius 3 is 2.11 bits per heavy atom. The highest BCUT2D eigenvalue weighted by molar-refractivity contribution is 6.01. The molecule has 4 rings (SSSR count). The number of aryl methyl sites for hydroxylation is 2. The predicted molar refractivity (Wildman–Crippen MR) is 153 cm³/mol.